The molecule has 7 nitrogen and oxygen atoms in total. The number of nitrogens with zero attached hydrogens (tertiary/aromatic N) is 2. The molecule has 2 saturated heterocycles. The first-order valence-electron chi connectivity index (χ1n) is 15.7. The number of amides is 2. The van der Waals surface area contributed by atoms with Crippen molar-refractivity contribution in [3.63, 3.8) is 0 Å². The van der Waals surface area contributed by atoms with E-state index in [1.165, 1.54) is 11.0 Å². The lowest BCUT2D eigenvalue weighted by atomic mass is 9.86. The maximum Gasteiger partial charge on any atom is 0.418 e. The molecule has 0 radical (unpaired) electrons. The molecule has 2 aliphatic heterocycles. The molecule has 14 heteroatoms. The van der Waals surface area contributed by atoms with Gasteiger partial charge in [0.05, 0.1) is 30.4 Å². The number of hydrogen-bond acceptors (Lipinski definition) is 6. The van der Waals surface area contributed by atoms with E-state index in [2.05, 4.69) is 5.32 Å². The molecule has 256 valence electrons. The number of carbonyl (C=O) groups is 2. The number of benzene rings is 2. The topological polar surface area (TPSA) is 82.1 Å². The Balaban J connectivity index is 1.29. The van der Waals surface area contributed by atoms with Crippen molar-refractivity contribution in [3.05, 3.63) is 59.2 Å². The van der Waals surface area contributed by atoms with Crippen LogP contribution in [0.3, 0.4) is 0 Å². The van der Waals surface area contributed by atoms with Crippen LogP contribution in [0, 0.1) is 5.92 Å². The maximum absolute atomic E-state index is 14.3. The van der Waals surface area contributed by atoms with Crippen LogP contribution in [0.5, 0.6) is 0 Å². The first-order chi connectivity index (χ1) is 22.3. The second kappa shape index (κ2) is 14.9. The zero-order valence-corrected chi connectivity index (χ0v) is 26.4. The lowest BCUT2D eigenvalue weighted by Gasteiger charge is -2.36. The van der Waals surface area contributed by atoms with Gasteiger partial charge in [0.15, 0.2) is 0 Å². The van der Waals surface area contributed by atoms with Crippen molar-refractivity contribution in [1.29, 1.82) is 0 Å². The van der Waals surface area contributed by atoms with Gasteiger partial charge in [0.25, 0.3) is 0 Å². The standard InChI is InChI=1S/C33H37F6N3O4S/c34-32(35,36)29-21(7-11-28(44)41-16-18-46-19-17-41)6-10-27(30(29)33(37,38)39)47-26-3-1-2-24(20-26)40-23-12-14-42(15-13-23)31(45)22-4-8-25(43)9-5-22/h1-3,6-7,10-11,20,22-23,25,40,43H,4-5,8-9,12-19H2/b11-7+. The monoisotopic (exact) mass is 685 g/mol. The second-order valence-corrected chi connectivity index (χ2v) is 13.2. The van der Waals surface area contributed by atoms with Crippen LogP contribution in [-0.4, -0.2) is 78.3 Å². The van der Waals surface area contributed by atoms with Gasteiger partial charge in [-0.3, -0.25) is 9.59 Å². The number of ether oxygens (including phenoxy) is 1. The fourth-order valence-electron chi connectivity index (χ4n) is 6.30. The Morgan fingerprint density at radius 3 is 2.15 bits per heavy atom. The van der Waals surface area contributed by atoms with E-state index in [-0.39, 0.29) is 50.3 Å². The number of nitrogens with one attached hydrogen (secondary N) is 1. The number of likely N-dealkylation sites (tertiary alicyclic amines) is 1. The number of morpholine rings is 1. The van der Waals surface area contributed by atoms with Gasteiger partial charge in [0.2, 0.25) is 11.8 Å². The highest BCUT2D eigenvalue weighted by Gasteiger charge is 2.46. The van der Waals surface area contributed by atoms with Crippen LogP contribution in [0.2, 0.25) is 0 Å². The summed E-state index contributed by atoms with van der Waals surface area (Å²) in [6.07, 6.45) is -5.44. The lowest BCUT2D eigenvalue weighted by Crippen LogP contribution is -2.45. The molecule has 2 heterocycles. The minimum atomic E-state index is -5.35. The molecule has 1 aliphatic carbocycles. The molecule has 2 amide bonds. The first-order valence-corrected chi connectivity index (χ1v) is 16.5. The maximum atomic E-state index is 14.3. The molecule has 47 heavy (non-hydrogen) atoms. The van der Waals surface area contributed by atoms with Crippen LogP contribution in [0.15, 0.2) is 52.3 Å². The Labute approximate surface area is 273 Å². The van der Waals surface area contributed by atoms with E-state index in [9.17, 15) is 41.0 Å². The number of anilines is 1. The number of piperidine rings is 1. The van der Waals surface area contributed by atoms with Gasteiger partial charge in [0.1, 0.15) is 0 Å². The normalized spacial score (nSPS) is 21.7. The summed E-state index contributed by atoms with van der Waals surface area (Å²) in [5, 5.41) is 13.1. The lowest BCUT2D eigenvalue weighted by molar-refractivity contribution is -0.163. The fraction of sp³-hybridized carbons (Fsp3) is 0.515. The van der Waals surface area contributed by atoms with Crippen LogP contribution >= 0.6 is 11.8 Å². The smallest absolute Gasteiger partial charge is 0.393 e. The van der Waals surface area contributed by atoms with E-state index in [0.29, 0.717) is 74.0 Å². The fourth-order valence-corrected chi connectivity index (χ4v) is 7.34. The molecule has 2 aromatic carbocycles. The molecule has 5 rings (SSSR count). The Hall–Kier alpha value is -3.23. The third-order valence-electron chi connectivity index (χ3n) is 8.78. The minimum absolute atomic E-state index is 0.00119. The minimum Gasteiger partial charge on any atom is -0.393 e. The van der Waals surface area contributed by atoms with Crippen LogP contribution in [0.1, 0.15) is 55.2 Å². The van der Waals surface area contributed by atoms with Gasteiger partial charge in [-0.25, -0.2) is 0 Å². The average molecular weight is 686 g/mol. The molecule has 0 bridgehead atoms. The summed E-state index contributed by atoms with van der Waals surface area (Å²) >= 11 is 0.580. The van der Waals surface area contributed by atoms with Gasteiger partial charge < -0.3 is 25.0 Å². The Morgan fingerprint density at radius 1 is 0.851 bits per heavy atom. The van der Waals surface area contributed by atoms with Crippen LogP contribution in [-0.2, 0) is 26.7 Å². The van der Waals surface area contributed by atoms with E-state index in [4.69, 9.17) is 4.74 Å². The predicted molar refractivity (Wildman–Crippen MR) is 165 cm³/mol. The van der Waals surface area contributed by atoms with Crippen molar-refractivity contribution in [3.8, 4) is 0 Å². The highest BCUT2D eigenvalue weighted by atomic mass is 32.2. The number of hydrogen-bond donors (Lipinski definition) is 2. The van der Waals surface area contributed by atoms with Crippen molar-refractivity contribution < 1.29 is 45.8 Å². The van der Waals surface area contributed by atoms with Crippen molar-refractivity contribution in [1.82, 2.24) is 9.80 Å². The quantitative estimate of drug-likeness (QED) is 0.250. The molecule has 0 spiro atoms. The number of halogens is 6. The first kappa shape index (κ1) is 35.1. The third-order valence-corrected chi connectivity index (χ3v) is 9.83. The average Bonchev–Trinajstić information content (AvgIpc) is 3.04. The van der Waals surface area contributed by atoms with Gasteiger partial charge in [-0.2, -0.15) is 26.3 Å². The van der Waals surface area contributed by atoms with E-state index in [1.54, 1.807) is 18.2 Å². The van der Waals surface area contributed by atoms with E-state index in [1.807, 2.05) is 4.90 Å². The van der Waals surface area contributed by atoms with Gasteiger partial charge in [-0.1, -0.05) is 23.9 Å². The Morgan fingerprint density at radius 2 is 1.51 bits per heavy atom. The number of aliphatic hydroxyl groups is 1. The molecule has 2 aromatic rings. The highest BCUT2D eigenvalue weighted by Crippen LogP contribution is 2.48. The van der Waals surface area contributed by atoms with E-state index < -0.39 is 39.8 Å². The number of alkyl halides is 6. The zero-order chi connectivity index (χ0) is 33.8. The molecule has 3 fully saturated rings. The van der Waals surface area contributed by atoms with Gasteiger partial charge >= 0.3 is 12.4 Å². The second-order valence-electron chi connectivity index (χ2n) is 12.0. The summed E-state index contributed by atoms with van der Waals surface area (Å²) < 4.78 is 91.0. The predicted octanol–water partition coefficient (Wildman–Crippen LogP) is 6.70. The molecule has 0 aromatic heterocycles. The number of rotatable bonds is 7. The van der Waals surface area contributed by atoms with Gasteiger partial charge in [0, 0.05) is 59.7 Å². The van der Waals surface area contributed by atoms with Crippen molar-refractivity contribution in [2.24, 2.45) is 5.92 Å². The largest absolute Gasteiger partial charge is 0.418 e. The van der Waals surface area contributed by atoms with Gasteiger partial charge in [-0.15, -0.1) is 0 Å². The van der Waals surface area contributed by atoms with Crippen LogP contribution in [0.25, 0.3) is 6.08 Å². The van der Waals surface area contributed by atoms with Crippen LogP contribution < -0.4 is 5.32 Å². The molecular weight excluding hydrogens is 648 g/mol. The van der Waals surface area contributed by atoms with Crippen molar-refractivity contribution >= 4 is 35.3 Å². The SMILES string of the molecule is O=C(/C=C/c1ccc(Sc2cccc(NC3CCN(C(=O)C4CCC(O)CC4)CC3)c2)c(C(F)(F)F)c1C(F)(F)F)N1CCOCC1. The zero-order valence-electron chi connectivity index (χ0n) is 25.6. The molecule has 0 unspecified atom stereocenters. The summed E-state index contributed by atoms with van der Waals surface area (Å²) in [6.45, 7) is 2.11. The third kappa shape index (κ3) is 9.02. The van der Waals surface area contributed by atoms with Crippen LogP contribution in [0.4, 0.5) is 32.0 Å². The summed E-state index contributed by atoms with van der Waals surface area (Å²) in [4.78, 5) is 28.3. The Kier molecular flexibility index (Phi) is 11.1. The van der Waals surface area contributed by atoms with Crippen molar-refractivity contribution in [2.75, 3.05) is 44.7 Å². The summed E-state index contributed by atoms with van der Waals surface area (Å²) in [7, 11) is 0. The van der Waals surface area contributed by atoms with E-state index in [0.717, 1.165) is 24.3 Å². The summed E-state index contributed by atoms with van der Waals surface area (Å²) in [5.41, 5.74) is -3.80. The molecule has 3 aliphatic rings. The summed E-state index contributed by atoms with van der Waals surface area (Å²) in [6, 6.07) is 8.43. The summed E-state index contributed by atoms with van der Waals surface area (Å²) in [5.74, 6) is -0.573. The molecule has 2 N–H and O–H groups in total. The molecule has 0 atom stereocenters. The molecular formula is C33H37F6N3O4S. The van der Waals surface area contributed by atoms with E-state index >= 15 is 0 Å². The molecule has 1 saturated carbocycles. The highest BCUT2D eigenvalue weighted by molar-refractivity contribution is 7.99. The Bertz CT molecular complexity index is 1440. The van der Waals surface area contributed by atoms with Gasteiger partial charge in [-0.05, 0) is 74.4 Å². The number of carbonyl (C=O) groups excluding carboxylic acids is 2. The van der Waals surface area contributed by atoms with Crippen molar-refractivity contribution in [2.45, 2.75) is 72.8 Å². The number of aliphatic hydroxyl groups excluding tert-OH is 1.